The Hall–Kier alpha value is -2.92. The van der Waals surface area contributed by atoms with Crippen LogP contribution in [0.15, 0.2) is 60.3 Å². The van der Waals surface area contributed by atoms with Crippen LogP contribution >= 0.6 is 46.3 Å². The predicted octanol–water partition coefficient (Wildman–Crippen LogP) is 6.63. The Labute approximate surface area is 238 Å². The van der Waals surface area contributed by atoms with Gasteiger partial charge in [-0.2, -0.15) is 0 Å². The zero-order chi connectivity index (χ0) is 27.2. The molecule has 2 aromatic carbocycles. The number of aromatic nitrogens is 4. The third kappa shape index (κ3) is 6.93. The fourth-order valence-electron chi connectivity index (χ4n) is 3.79. The summed E-state index contributed by atoms with van der Waals surface area (Å²) in [7, 11) is 0. The summed E-state index contributed by atoms with van der Waals surface area (Å²) in [5.41, 5.74) is 1.16. The van der Waals surface area contributed by atoms with Crippen molar-refractivity contribution >= 4 is 73.5 Å². The topological polar surface area (TPSA) is 102 Å². The van der Waals surface area contributed by atoms with Gasteiger partial charge in [0.25, 0.3) is 5.91 Å². The third-order valence-corrected chi connectivity index (χ3v) is 7.90. The van der Waals surface area contributed by atoms with Gasteiger partial charge in [0.05, 0.1) is 32.6 Å². The molecule has 0 aliphatic carbocycles. The molecule has 4 rings (SSSR count). The second-order valence-corrected chi connectivity index (χ2v) is 11.7. The van der Waals surface area contributed by atoms with E-state index in [9.17, 15) is 9.59 Å². The summed E-state index contributed by atoms with van der Waals surface area (Å²) in [6.07, 6.45) is 2.34. The van der Waals surface area contributed by atoms with Crippen LogP contribution in [0.3, 0.4) is 0 Å². The maximum atomic E-state index is 13.1. The number of thiazole rings is 1. The molecule has 38 heavy (non-hydrogen) atoms. The molecule has 2 aromatic heterocycles. The van der Waals surface area contributed by atoms with Crippen molar-refractivity contribution in [2.45, 2.75) is 38.0 Å². The lowest BCUT2D eigenvalue weighted by Crippen LogP contribution is -2.32. The summed E-state index contributed by atoms with van der Waals surface area (Å²) in [4.78, 5) is 30.2. The number of carbonyl (C=O) groups excluding carboxylic acids is 2. The number of nitrogens with zero attached hydrogens (tertiary/aromatic N) is 4. The first-order valence-electron chi connectivity index (χ1n) is 11.8. The molecule has 0 radical (unpaired) electrons. The number of allylic oxidation sites excluding steroid dienone is 1. The van der Waals surface area contributed by atoms with Crippen molar-refractivity contribution in [2.24, 2.45) is 5.92 Å². The number of benzene rings is 2. The number of rotatable bonds is 11. The summed E-state index contributed by atoms with van der Waals surface area (Å²) >= 11 is 14.9. The molecule has 2 heterocycles. The highest BCUT2D eigenvalue weighted by Crippen LogP contribution is 2.28. The molecule has 2 amide bonds. The molecule has 0 fully saturated rings. The van der Waals surface area contributed by atoms with Gasteiger partial charge < -0.3 is 15.2 Å². The highest BCUT2D eigenvalue weighted by atomic mass is 35.5. The van der Waals surface area contributed by atoms with E-state index >= 15 is 0 Å². The summed E-state index contributed by atoms with van der Waals surface area (Å²) in [5, 5.41) is 16.4. The molecule has 0 aliphatic rings. The monoisotopic (exact) mass is 588 g/mol. The lowest BCUT2D eigenvalue weighted by molar-refractivity contribution is -0.113. The van der Waals surface area contributed by atoms with Crippen molar-refractivity contribution in [1.29, 1.82) is 0 Å². The van der Waals surface area contributed by atoms with E-state index in [1.165, 1.54) is 29.2 Å². The molecule has 0 spiro atoms. The zero-order valence-electron chi connectivity index (χ0n) is 20.8. The minimum atomic E-state index is -0.437. The lowest BCUT2D eigenvalue weighted by Gasteiger charge is -2.21. The van der Waals surface area contributed by atoms with Gasteiger partial charge in [0.1, 0.15) is 0 Å². The van der Waals surface area contributed by atoms with E-state index in [0.29, 0.717) is 39.7 Å². The number of hydrogen-bond acceptors (Lipinski definition) is 7. The van der Waals surface area contributed by atoms with Gasteiger partial charge in [0.15, 0.2) is 16.1 Å². The Kier molecular flexibility index (Phi) is 9.43. The Bertz CT molecular complexity index is 1440. The number of fused-ring (bicyclic) bond motifs is 1. The van der Waals surface area contributed by atoms with Gasteiger partial charge in [-0.25, -0.2) is 4.98 Å². The number of halogens is 2. The standard InChI is InChI=1S/C26H26Cl2N6O2S2/c1-4-11-34-23(20(12-15(2)3)29-24(36)17-10-9-16(27)13-18(17)28)32-33-26(34)37-14-22(35)31-25-30-19-7-5-6-8-21(19)38-25/h4-10,13,15,20H,1,11-12,14H2,2-3H3,(H,29,36)(H,30,31,35)/t20-/m1/s1. The van der Waals surface area contributed by atoms with Gasteiger partial charge in [-0.3, -0.25) is 9.59 Å². The van der Waals surface area contributed by atoms with Crippen LogP contribution in [-0.4, -0.2) is 37.3 Å². The van der Waals surface area contributed by atoms with Crippen LogP contribution in [0.5, 0.6) is 0 Å². The van der Waals surface area contributed by atoms with Gasteiger partial charge in [0.2, 0.25) is 5.91 Å². The van der Waals surface area contributed by atoms with Gasteiger partial charge in [-0.1, -0.05) is 78.4 Å². The molecule has 198 valence electrons. The van der Waals surface area contributed by atoms with E-state index in [0.717, 1.165) is 10.2 Å². The second kappa shape index (κ2) is 12.8. The van der Waals surface area contributed by atoms with Crippen molar-refractivity contribution in [1.82, 2.24) is 25.1 Å². The zero-order valence-corrected chi connectivity index (χ0v) is 23.9. The summed E-state index contributed by atoms with van der Waals surface area (Å²) in [6, 6.07) is 12.0. The second-order valence-electron chi connectivity index (χ2n) is 8.84. The van der Waals surface area contributed by atoms with E-state index in [1.807, 2.05) is 28.8 Å². The summed E-state index contributed by atoms with van der Waals surface area (Å²) < 4.78 is 2.86. The molecule has 0 saturated carbocycles. The van der Waals surface area contributed by atoms with Crippen LogP contribution < -0.4 is 10.6 Å². The van der Waals surface area contributed by atoms with Crippen LogP contribution in [-0.2, 0) is 11.3 Å². The number of hydrogen-bond donors (Lipinski definition) is 2. The number of para-hydroxylation sites is 1. The Morgan fingerprint density at radius 1 is 1.18 bits per heavy atom. The minimum Gasteiger partial charge on any atom is -0.342 e. The highest BCUT2D eigenvalue weighted by Gasteiger charge is 2.25. The van der Waals surface area contributed by atoms with Crippen LogP contribution in [0.1, 0.15) is 42.5 Å². The van der Waals surface area contributed by atoms with E-state index in [2.05, 4.69) is 46.2 Å². The van der Waals surface area contributed by atoms with Gasteiger partial charge in [-0.05, 0) is 42.7 Å². The van der Waals surface area contributed by atoms with E-state index in [-0.39, 0.29) is 28.5 Å². The van der Waals surface area contributed by atoms with Gasteiger partial charge >= 0.3 is 0 Å². The van der Waals surface area contributed by atoms with Gasteiger partial charge in [-0.15, -0.1) is 16.8 Å². The van der Waals surface area contributed by atoms with E-state index in [1.54, 1.807) is 18.2 Å². The van der Waals surface area contributed by atoms with Crippen molar-refractivity contribution in [2.75, 3.05) is 11.1 Å². The maximum absolute atomic E-state index is 13.1. The van der Waals surface area contributed by atoms with Crippen molar-refractivity contribution in [3.63, 3.8) is 0 Å². The van der Waals surface area contributed by atoms with Gasteiger partial charge in [0, 0.05) is 11.6 Å². The number of thioether (sulfide) groups is 1. The maximum Gasteiger partial charge on any atom is 0.253 e. The molecule has 1 atom stereocenters. The Morgan fingerprint density at radius 3 is 2.68 bits per heavy atom. The molecule has 8 nitrogen and oxygen atoms in total. The van der Waals surface area contributed by atoms with Crippen molar-refractivity contribution in [3.8, 4) is 0 Å². The molecule has 2 N–H and O–H groups in total. The highest BCUT2D eigenvalue weighted by molar-refractivity contribution is 7.99. The fraction of sp³-hybridized carbons (Fsp3) is 0.269. The molecule has 4 aromatic rings. The van der Waals surface area contributed by atoms with Crippen LogP contribution in [0.25, 0.3) is 10.2 Å². The van der Waals surface area contributed by atoms with Crippen LogP contribution in [0.4, 0.5) is 5.13 Å². The van der Waals surface area contributed by atoms with Crippen molar-refractivity contribution in [3.05, 3.63) is 76.6 Å². The van der Waals surface area contributed by atoms with Crippen molar-refractivity contribution < 1.29 is 9.59 Å². The smallest absolute Gasteiger partial charge is 0.253 e. The minimum absolute atomic E-state index is 0.118. The molecule has 0 bridgehead atoms. The molecule has 0 saturated heterocycles. The first-order chi connectivity index (χ1) is 18.2. The lowest BCUT2D eigenvalue weighted by atomic mass is 10.0. The largest absolute Gasteiger partial charge is 0.342 e. The Morgan fingerprint density at radius 2 is 1.97 bits per heavy atom. The molecule has 0 aliphatic heterocycles. The Balaban J connectivity index is 1.49. The molecular weight excluding hydrogens is 563 g/mol. The number of nitrogens with one attached hydrogen (secondary N) is 2. The number of amides is 2. The normalized spacial score (nSPS) is 12.0. The SMILES string of the molecule is C=CCn1c(SCC(=O)Nc2nc3ccccc3s2)nnc1[C@@H](CC(C)C)NC(=O)c1ccc(Cl)cc1Cl. The number of carbonyl (C=O) groups is 2. The quantitative estimate of drug-likeness (QED) is 0.151. The first kappa shape index (κ1) is 28.1. The fourth-order valence-corrected chi connectivity index (χ4v) is 5.92. The summed E-state index contributed by atoms with van der Waals surface area (Å²) in [6.45, 7) is 8.38. The molecular formula is C26H26Cl2N6O2S2. The molecule has 0 unspecified atom stereocenters. The summed E-state index contributed by atoms with van der Waals surface area (Å²) in [5.74, 6) is 0.409. The van der Waals surface area contributed by atoms with Crippen LogP contribution in [0, 0.1) is 5.92 Å². The molecule has 12 heteroatoms. The number of anilines is 1. The average Bonchev–Trinajstić information content (AvgIpc) is 3.45. The van der Waals surface area contributed by atoms with E-state index in [4.69, 9.17) is 23.2 Å². The van der Waals surface area contributed by atoms with Crippen LogP contribution in [0.2, 0.25) is 10.0 Å². The van der Waals surface area contributed by atoms with E-state index < -0.39 is 6.04 Å². The first-order valence-corrected chi connectivity index (χ1v) is 14.4. The third-order valence-electron chi connectivity index (χ3n) is 5.43. The predicted molar refractivity (Wildman–Crippen MR) is 155 cm³/mol. The average molecular weight is 590 g/mol.